The van der Waals surface area contributed by atoms with Crippen molar-refractivity contribution in [3.8, 4) is 0 Å². The summed E-state index contributed by atoms with van der Waals surface area (Å²) in [6, 6.07) is 13.1. The van der Waals surface area contributed by atoms with E-state index in [0.29, 0.717) is 5.69 Å². The summed E-state index contributed by atoms with van der Waals surface area (Å²) in [6.07, 6.45) is 0. The second kappa shape index (κ2) is 4.22. The van der Waals surface area contributed by atoms with E-state index >= 15 is 0 Å². The fourth-order valence-corrected chi connectivity index (χ4v) is 2.85. The number of benzene rings is 2. The Morgan fingerprint density at radius 3 is 2.18 bits per heavy atom. The van der Waals surface area contributed by atoms with Gasteiger partial charge in [0.15, 0.2) is 0 Å². The van der Waals surface area contributed by atoms with Gasteiger partial charge in [-0.1, -0.05) is 23.8 Å². The maximum absolute atomic E-state index is 12.2. The SMILES string of the molecule is Cc1ccc(S(=O)(=O)c2cccc(N)c2)cc1. The van der Waals surface area contributed by atoms with Gasteiger partial charge in [0, 0.05) is 5.69 Å². The molecule has 0 bridgehead atoms. The highest BCUT2D eigenvalue weighted by Gasteiger charge is 2.17. The summed E-state index contributed by atoms with van der Waals surface area (Å²) in [5.74, 6) is 0. The zero-order valence-corrected chi connectivity index (χ0v) is 10.2. The standard InChI is InChI=1S/C13H13NO2S/c1-10-5-7-12(8-6-10)17(15,16)13-4-2-3-11(14)9-13/h2-9H,14H2,1H3. The van der Waals surface area contributed by atoms with Crippen molar-refractivity contribution in [2.45, 2.75) is 16.7 Å². The molecule has 0 aromatic heterocycles. The van der Waals surface area contributed by atoms with Gasteiger partial charge in [-0.3, -0.25) is 0 Å². The Hall–Kier alpha value is -1.81. The summed E-state index contributed by atoms with van der Waals surface area (Å²) in [7, 11) is -3.46. The minimum Gasteiger partial charge on any atom is -0.399 e. The molecule has 0 aliphatic carbocycles. The maximum atomic E-state index is 12.2. The Kier molecular flexibility index (Phi) is 2.90. The van der Waals surface area contributed by atoms with Gasteiger partial charge in [0.25, 0.3) is 0 Å². The molecule has 0 amide bonds. The highest BCUT2D eigenvalue weighted by atomic mass is 32.2. The highest BCUT2D eigenvalue weighted by Crippen LogP contribution is 2.22. The monoisotopic (exact) mass is 247 g/mol. The molecule has 2 N–H and O–H groups in total. The van der Waals surface area contributed by atoms with Crippen molar-refractivity contribution in [2.24, 2.45) is 0 Å². The van der Waals surface area contributed by atoms with Gasteiger partial charge >= 0.3 is 0 Å². The smallest absolute Gasteiger partial charge is 0.206 e. The van der Waals surface area contributed by atoms with Crippen molar-refractivity contribution >= 4 is 15.5 Å². The van der Waals surface area contributed by atoms with E-state index < -0.39 is 9.84 Å². The van der Waals surface area contributed by atoms with Gasteiger partial charge in [-0.2, -0.15) is 0 Å². The number of nitrogen functional groups attached to an aromatic ring is 1. The van der Waals surface area contributed by atoms with Crippen LogP contribution >= 0.6 is 0 Å². The first kappa shape index (κ1) is 11.7. The van der Waals surface area contributed by atoms with Crippen LogP contribution < -0.4 is 5.73 Å². The molecular formula is C13H13NO2S. The fraction of sp³-hybridized carbons (Fsp3) is 0.0769. The Morgan fingerprint density at radius 1 is 0.941 bits per heavy atom. The molecule has 0 radical (unpaired) electrons. The second-order valence-electron chi connectivity index (χ2n) is 3.89. The van der Waals surface area contributed by atoms with Crippen LogP contribution in [0.4, 0.5) is 5.69 Å². The van der Waals surface area contributed by atoms with E-state index in [-0.39, 0.29) is 9.79 Å². The topological polar surface area (TPSA) is 60.2 Å². The minimum atomic E-state index is -3.46. The second-order valence-corrected chi connectivity index (χ2v) is 5.84. The molecule has 0 saturated heterocycles. The van der Waals surface area contributed by atoms with E-state index in [0.717, 1.165) is 5.56 Å². The van der Waals surface area contributed by atoms with Crippen molar-refractivity contribution in [1.82, 2.24) is 0 Å². The Balaban J connectivity index is 2.54. The van der Waals surface area contributed by atoms with Gasteiger partial charge in [0.2, 0.25) is 9.84 Å². The van der Waals surface area contributed by atoms with Crippen LogP contribution in [0.2, 0.25) is 0 Å². The fourth-order valence-electron chi connectivity index (χ4n) is 1.54. The Morgan fingerprint density at radius 2 is 1.59 bits per heavy atom. The third kappa shape index (κ3) is 2.31. The lowest BCUT2D eigenvalue weighted by Gasteiger charge is -2.05. The molecule has 2 aromatic carbocycles. The van der Waals surface area contributed by atoms with Crippen LogP contribution in [-0.4, -0.2) is 8.42 Å². The van der Waals surface area contributed by atoms with Crippen LogP contribution in [0.1, 0.15) is 5.56 Å². The molecule has 2 aromatic rings. The summed E-state index contributed by atoms with van der Waals surface area (Å²) in [4.78, 5) is 0.509. The average molecular weight is 247 g/mol. The molecule has 0 spiro atoms. The van der Waals surface area contributed by atoms with E-state index in [1.165, 1.54) is 6.07 Å². The van der Waals surface area contributed by atoms with Crippen LogP contribution in [0.5, 0.6) is 0 Å². The normalized spacial score (nSPS) is 11.4. The van der Waals surface area contributed by atoms with E-state index in [9.17, 15) is 8.42 Å². The highest BCUT2D eigenvalue weighted by molar-refractivity contribution is 7.91. The van der Waals surface area contributed by atoms with Crippen LogP contribution in [0.25, 0.3) is 0 Å². The van der Waals surface area contributed by atoms with Crippen LogP contribution in [0.3, 0.4) is 0 Å². The van der Waals surface area contributed by atoms with Crippen molar-refractivity contribution in [2.75, 3.05) is 5.73 Å². The van der Waals surface area contributed by atoms with Gasteiger partial charge in [0.1, 0.15) is 0 Å². The largest absolute Gasteiger partial charge is 0.399 e. The first-order chi connectivity index (χ1) is 8.00. The molecule has 3 nitrogen and oxygen atoms in total. The number of rotatable bonds is 2. The summed E-state index contributed by atoms with van der Waals surface area (Å²) < 4.78 is 24.5. The van der Waals surface area contributed by atoms with Crippen LogP contribution in [0.15, 0.2) is 58.3 Å². The molecule has 2 rings (SSSR count). The summed E-state index contributed by atoms with van der Waals surface area (Å²) in [5.41, 5.74) is 7.06. The molecule has 0 fully saturated rings. The molecule has 0 saturated carbocycles. The number of hydrogen-bond donors (Lipinski definition) is 1. The third-order valence-corrected chi connectivity index (χ3v) is 4.27. The van der Waals surface area contributed by atoms with E-state index in [1.54, 1.807) is 42.5 Å². The van der Waals surface area contributed by atoms with Gasteiger partial charge in [-0.05, 0) is 37.3 Å². The van der Waals surface area contributed by atoms with Crippen molar-refractivity contribution in [1.29, 1.82) is 0 Å². The van der Waals surface area contributed by atoms with E-state index in [2.05, 4.69) is 0 Å². The third-order valence-electron chi connectivity index (χ3n) is 2.50. The van der Waals surface area contributed by atoms with E-state index in [1.807, 2.05) is 6.92 Å². The number of hydrogen-bond acceptors (Lipinski definition) is 3. The lowest BCUT2D eigenvalue weighted by Crippen LogP contribution is -2.02. The summed E-state index contributed by atoms with van der Waals surface area (Å²) >= 11 is 0. The van der Waals surface area contributed by atoms with Gasteiger partial charge in [-0.25, -0.2) is 8.42 Å². The zero-order chi connectivity index (χ0) is 12.5. The predicted molar refractivity (Wildman–Crippen MR) is 67.5 cm³/mol. The quantitative estimate of drug-likeness (QED) is 0.829. The number of aryl methyl sites for hydroxylation is 1. The molecule has 17 heavy (non-hydrogen) atoms. The van der Waals surface area contributed by atoms with Gasteiger partial charge in [-0.15, -0.1) is 0 Å². The van der Waals surface area contributed by atoms with Crippen LogP contribution in [-0.2, 0) is 9.84 Å². The van der Waals surface area contributed by atoms with Crippen LogP contribution in [0, 0.1) is 6.92 Å². The molecule has 0 aliphatic rings. The lowest BCUT2D eigenvalue weighted by molar-refractivity contribution is 0.596. The summed E-state index contributed by atoms with van der Waals surface area (Å²) in [5, 5.41) is 0. The predicted octanol–water partition coefficient (Wildman–Crippen LogP) is 2.41. The number of anilines is 1. The maximum Gasteiger partial charge on any atom is 0.206 e. The average Bonchev–Trinajstić information content (AvgIpc) is 2.29. The summed E-state index contributed by atoms with van der Waals surface area (Å²) in [6.45, 7) is 1.91. The van der Waals surface area contributed by atoms with Crippen molar-refractivity contribution < 1.29 is 8.42 Å². The first-order valence-electron chi connectivity index (χ1n) is 5.17. The Bertz CT molecular complexity index is 631. The van der Waals surface area contributed by atoms with Crippen molar-refractivity contribution in [3.05, 3.63) is 54.1 Å². The first-order valence-corrected chi connectivity index (χ1v) is 6.66. The number of sulfone groups is 1. The molecule has 4 heteroatoms. The molecule has 0 unspecified atom stereocenters. The van der Waals surface area contributed by atoms with Gasteiger partial charge in [0.05, 0.1) is 9.79 Å². The molecule has 88 valence electrons. The van der Waals surface area contributed by atoms with Gasteiger partial charge < -0.3 is 5.73 Å². The zero-order valence-electron chi connectivity index (χ0n) is 9.42. The van der Waals surface area contributed by atoms with Crippen molar-refractivity contribution in [3.63, 3.8) is 0 Å². The lowest BCUT2D eigenvalue weighted by atomic mass is 10.2. The molecular weight excluding hydrogens is 234 g/mol. The number of nitrogens with two attached hydrogens (primary N) is 1. The Labute approximate surface area is 101 Å². The van der Waals surface area contributed by atoms with E-state index in [4.69, 9.17) is 5.73 Å². The molecule has 0 atom stereocenters. The molecule has 0 aliphatic heterocycles. The molecule has 0 heterocycles. The minimum absolute atomic E-state index is 0.223.